The van der Waals surface area contributed by atoms with Gasteiger partial charge in [-0.2, -0.15) is 0 Å². The molecule has 1 amide bonds. The van der Waals surface area contributed by atoms with Gasteiger partial charge in [0.15, 0.2) is 10.3 Å². The molecule has 2 aromatic heterocycles. The smallest absolute Gasteiger partial charge is 0.226 e. The third kappa shape index (κ3) is 4.84. The summed E-state index contributed by atoms with van der Waals surface area (Å²) >= 11 is 8.83. The number of amides is 1. The first kappa shape index (κ1) is 18.4. The summed E-state index contributed by atoms with van der Waals surface area (Å²) in [5, 5.41) is 6.23. The van der Waals surface area contributed by atoms with Crippen molar-refractivity contribution in [1.82, 2.24) is 15.0 Å². The van der Waals surface area contributed by atoms with Crippen molar-refractivity contribution < 1.29 is 4.79 Å². The predicted octanol–water partition coefficient (Wildman–Crippen LogP) is 3.54. The summed E-state index contributed by atoms with van der Waals surface area (Å²) in [7, 11) is 0. The molecule has 0 unspecified atom stereocenters. The number of halogens is 1. The van der Waals surface area contributed by atoms with Gasteiger partial charge in [-0.05, 0) is 6.07 Å². The largest absolute Gasteiger partial charge is 0.383 e. The first-order valence-electron chi connectivity index (χ1n) is 7.54. The molecule has 26 heavy (non-hydrogen) atoms. The number of anilines is 3. The van der Waals surface area contributed by atoms with Gasteiger partial charge in [0.1, 0.15) is 11.6 Å². The molecule has 0 atom stereocenters. The maximum atomic E-state index is 12.1. The number of hydrogen-bond donors (Lipinski definition) is 3. The van der Waals surface area contributed by atoms with E-state index >= 15 is 0 Å². The van der Waals surface area contributed by atoms with Crippen LogP contribution >= 0.6 is 34.7 Å². The molecule has 7 nitrogen and oxygen atoms in total. The number of carbonyl (C=O) groups is 1. The van der Waals surface area contributed by atoms with Crippen LogP contribution < -0.4 is 16.8 Å². The number of nitrogens with two attached hydrogens (primary N) is 2. The van der Waals surface area contributed by atoms with Crippen molar-refractivity contribution in [2.75, 3.05) is 22.5 Å². The van der Waals surface area contributed by atoms with E-state index in [-0.39, 0.29) is 12.3 Å². The van der Waals surface area contributed by atoms with Gasteiger partial charge in [-0.3, -0.25) is 4.79 Å². The average molecular weight is 407 g/mol. The van der Waals surface area contributed by atoms with Crippen LogP contribution in [0.2, 0.25) is 5.02 Å². The van der Waals surface area contributed by atoms with Crippen molar-refractivity contribution in [2.24, 2.45) is 0 Å². The van der Waals surface area contributed by atoms with Gasteiger partial charge in [0, 0.05) is 34.2 Å². The molecule has 0 spiro atoms. The van der Waals surface area contributed by atoms with Crippen LogP contribution in [-0.4, -0.2) is 26.6 Å². The summed E-state index contributed by atoms with van der Waals surface area (Å²) in [4.78, 5) is 24.6. The lowest BCUT2D eigenvalue weighted by molar-refractivity contribution is -0.115. The van der Waals surface area contributed by atoms with Gasteiger partial charge in [-0.25, -0.2) is 15.0 Å². The fraction of sp³-hybridized carbons (Fsp3) is 0.125. The van der Waals surface area contributed by atoms with Gasteiger partial charge in [-0.1, -0.05) is 41.6 Å². The molecular weight excluding hydrogens is 392 g/mol. The van der Waals surface area contributed by atoms with Crippen molar-refractivity contribution in [3.05, 3.63) is 40.7 Å². The highest BCUT2D eigenvalue weighted by Crippen LogP contribution is 2.30. The zero-order valence-corrected chi connectivity index (χ0v) is 15.9. The number of aromatic nitrogens is 3. The topological polar surface area (TPSA) is 120 Å². The molecule has 0 radical (unpaired) electrons. The van der Waals surface area contributed by atoms with E-state index in [4.69, 9.17) is 23.1 Å². The number of thioether (sulfide) groups is 1. The Hall–Kier alpha value is -2.36. The minimum Gasteiger partial charge on any atom is -0.383 e. The lowest BCUT2D eigenvalue weighted by Gasteiger charge is -2.03. The monoisotopic (exact) mass is 406 g/mol. The van der Waals surface area contributed by atoms with Gasteiger partial charge in [0.25, 0.3) is 0 Å². The summed E-state index contributed by atoms with van der Waals surface area (Å²) in [5.41, 5.74) is 12.8. The molecular formula is C16H15ClN6OS2. The molecule has 1 aromatic carbocycles. The summed E-state index contributed by atoms with van der Waals surface area (Å²) in [6.45, 7) is 0. The molecule has 2 heterocycles. The second-order valence-corrected chi connectivity index (χ2v) is 7.49. The van der Waals surface area contributed by atoms with E-state index in [2.05, 4.69) is 20.3 Å². The maximum absolute atomic E-state index is 12.1. The lowest BCUT2D eigenvalue weighted by Crippen LogP contribution is -2.12. The van der Waals surface area contributed by atoms with Crippen molar-refractivity contribution in [3.63, 3.8) is 0 Å². The third-order valence-electron chi connectivity index (χ3n) is 3.21. The van der Waals surface area contributed by atoms with Gasteiger partial charge >= 0.3 is 0 Å². The molecule has 0 saturated carbocycles. The molecule has 0 fully saturated rings. The zero-order chi connectivity index (χ0) is 18.5. The van der Waals surface area contributed by atoms with Crippen molar-refractivity contribution in [3.8, 4) is 11.3 Å². The Morgan fingerprint density at radius 2 is 1.92 bits per heavy atom. The van der Waals surface area contributed by atoms with Gasteiger partial charge in [0.05, 0.1) is 5.69 Å². The summed E-state index contributed by atoms with van der Waals surface area (Å²) < 4.78 is 0. The fourth-order valence-corrected chi connectivity index (χ4v) is 3.84. The third-order valence-corrected chi connectivity index (χ3v) is 5.14. The first-order valence-corrected chi connectivity index (χ1v) is 9.78. The lowest BCUT2D eigenvalue weighted by atomic mass is 10.2. The van der Waals surface area contributed by atoms with Crippen molar-refractivity contribution in [1.29, 1.82) is 0 Å². The predicted molar refractivity (Wildman–Crippen MR) is 107 cm³/mol. The van der Waals surface area contributed by atoms with Crippen LogP contribution in [0.15, 0.2) is 40.9 Å². The Balaban J connectivity index is 1.53. The van der Waals surface area contributed by atoms with E-state index in [1.165, 1.54) is 29.2 Å². The van der Waals surface area contributed by atoms with E-state index in [9.17, 15) is 4.79 Å². The molecule has 0 aliphatic carbocycles. The molecule has 3 aromatic rings. The molecule has 134 valence electrons. The number of rotatable bonds is 6. The highest BCUT2D eigenvalue weighted by atomic mass is 35.5. The van der Waals surface area contributed by atoms with Crippen LogP contribution in [0.3, 0.4) is 0 Å². The van der Waals surface area contributed by atoms with Crippen LogP contribution in [0.5, 0.6) is 0 Å². The normalized spacial score (nSPS) is 10.7. The number of nitrogen functional groups attached to an aromatic ring is 2. The number of hydrogen-bond acceptors (Lipinski definition) is 8. The zero-order valence-electron chi connectivity index (χ0n) is 13.5. The van der Waals surface area contributed by atoms with Crippen molar-refractivity contribution >= 4 is 57.4 Å². The van der Waals surface area contributed by atoms with Crippen LogP contribution in [0, 0.1) is 0 Å². The summed E-state index contributed by atoms with van der Waals surface area (Å²) in [6.07, 6.45) is 0.281. The second-order valence-electron chi connectivity index (χ2n) is 5.16. The summed E-state index contributed by atoms with van der Waals surface area (Å²) in [6, 6.07) is 8.92. The van der Waals surface area contributed by atoms with Gasteiger partial charge in [0.2, 0.25) is 5.91 Å². The van der Waals surface area contributed by atoms with E-state index in [1.54, 1.807) is 6.07 Å². The second kappa shape index (κ2) is 8.35. The molecule has 0 saturated heterocycles. The molecule has 5 N–H and O–H groups in total. The Morgan fingerprint density at radius 1 is 1.19 bits per heavy atom. The number of nitrogens with one attached hydrogen (secondary N) is 1. The number of benzene rings is 1. The van der Waals surface area contributed by atoms with Crippen LogP contribution in [0.4, 0.5) is 16.8 Å². The number of carbonyl (C=O) groups excluding carboxylic acids is 1. The standard InChI is InChI=1S/C16H15ClN6OS2/c17-10-4-2-1-3-9(10)11-8-26-15(20-11)23-14(24)5-6-25-16-21-12(18)7-13(19)22-16/h1-4,7-8H,5-6H2,(H,20,23,24)(H4,18,19,21,22). The van der Waals surface area contributed by atoms with E-state index in [0.717, 1.165) is 11.3 Å². The van der Waals surface area contributed by atoms with Crippen LogP contribution in [-0.2, 0) is 4.79 Å². The van der Waals surface area contributed by atoms with Gasteiger partial charge < -0.3 is 16.8 Å². The Kier molecular flexibility index (Phi) is 5.92. The van der Waals surface area contributed by atoms with Crippen molar-refractivity contribution in [2.45, 2.75) is 11.6 Å². The minimum atomic E-state index is -0.144. The molecule has 10 heteroatoms. The Morgan fingerprint density at radius 3 is 2.65 bits per heavy atom. The number of thiazole rings is 1. The SMILES string of the molecule is Nc1cc(N)nc(SCCC(=O)Nc2nc(-c3ccccc3Cl)cs2)n1. The minimum absolute atomic E-state index is 0.144. The number of nitrogens with zero attached hydrogens (tertiary/aromatic N) is 3. The van der Waals surface area contributed by atoms with Crippen LogP contribution in [0.1, 0.15) is 6.42 Å². The average Bonchev–Trinajstić information content (AvgIpc) is 3.02. The quantitative estimate of drug-likeness (QED) is 0.423. The van der Waals surface area contributed by atoms with Gasteiger partial charge in [-0.15, -0.1) is 11.3 Å². The van der Waals surface area contributed by atoms with E-state index < -0.39 is 0 Å². The van der Waals surface area contributed by atoms with E-state index in [1.807, 2.05) is 23.6 Å². The molecule has 0 bridgehead atoms. The summed E-state index contributed by atoms with van der Waals surface area (Å²) in [5.74, 6) is 0.963. The maximum Gasteiger partial charge on any atom is 0.226 e. The molecule has 0 aliphatic rings. The van der Waals surface area contributed by atoms with Crippen LogP contribution in [0.25, 0.3) is 11.3 Å². The molecule has 3 rings (SSSR count). The first-order chi connectivity index (χ1) is 12.5. The Labute approximate surface area is 163 Å². The highest BCUT2D eigenvalue weighted by Gasteiger charge is 2.11. The fourth-order valence-electron chi connectivity index (χ4n) is 2.07. The Bertz CT molecular complexity index is 912. The highest BCUT2D eigenvalue weighted by molar-refractivity contribution is 7.99. The van der Waals surface area contributed by atoms with E-state index in [0.29, 0.717) is 32.7 Å². The molecule has 0 aliphatic heterocycles.